The molecule has 0 saturated carbocycles. The number of phenolic OH excluding ortho intramolecular Hbond substituents is 1. The minimum Gasteiger partial charge on any atom is -0.505 e. The molecule has 0 radical (unpaired) electrons. The van der Waals surface area contributed by atoms with E-state index in [-0.39, 0.29) is 0 Å². The fourth-order valence-corrected chi connectivity index (χ4v) is 3.56. The molecular formula is C20H16FN3O3S. The molecule has 142 valence electrons. The van der Waals surface area contributed by atoms with Crippen LogP contribution in [0.3, 0.4) is 0 Å². The Labute approximate surface area is 160 Å². The van der Waals surface area contributed by atoms with Crippen molar-refractivity contribution in [2.24, 2.45) is 0 Å². The summed E-state index contributed by atoms with van der Waals surface area (Å²) in [4.78, 5) is 0. The zero-order valence-electron chi connectivity index (χ0n) is 14.8. The molecule has 2 N–H and O–H groups in total. The van der Waals surface area contributed by atoms with Crippen LogP contribution < -0.4 is 4.72 Å². The van der Waals surface area contributed by atoms with Crippen LogP contribution >= 0.6 is 0 Å². The van der Waals surface area contributed by atoms with Crippen LogP contribution in [0.15, 0.2) is 66.9 Å². The second kappa shape index (κ2) is 6.65. The summed E-state index contributed by atoms with van der Waals surface area (Å²) in [6.45, 7) is 0. The highest BCUT2D eigenvalue weighted by Crippen LogP contribution is 2.28. The molecule has 8 heteroatoms. The van der Waals surface area contributed by atoms with Gasteiger partial charge in [-0.1, -0.05) is 18.2 Å². The smallest absolute Gasteiger partial charge is 0.229 e. The van der Waals surface area contributed by atoms with Crippen molar-refractivity contribution in [3.63, 3.8) is 0 Å². The van der Waals surface area contributed by atoms with Crippen LogP contribution in [0.25, 0.3) is 27.7 Å². The van der Waals surface area contributed by atoms with Crippen molar-refractivity contribution in [2.45, 2.75) is 0 Å². The van der Waals surface area contributed by atoms with Crippen LogP contribution in [0.5, 0.6) is 5.75 Å². The van der Waals surface area contributed by atoms with E-state index in [1.54, 1.807) is 29.1 Å². The third-order valence-corrected chi connectivity index (χ3v) is 4.87. The highest BCUT2D eigenvalue weighted by molar-refractivity contribution is 7.92. The third kappa shape index (κ3) is 3.54. The average Bonchev–Trinajstić information content (AvgIpc) is 3.06. The Morgan fingerprint density at radius 3 is 2.39 bits per heavy atom. The van der Waals surface area contributed by atoms with Crippen molar-refractivity contribution >= 4 is 26.6 Å². The first-order chi connectivity index (χ1) is 13.3. The Morgan fingerprint density at radius 2 is 1.71 bits per heavy atom. The summed E-state index contributed by atoms with van der Waals surface area (Å²) in [6, 6.07) is 16.9. The minimum absolute atomic E-state index is 0.430. The predicted octanol–water partition coefficient (Wildman–Crippen LogP) is 3.91. The topological polar surface area (TPSA) is 84.2 Å². The van der Waals surface area contributed by atoms with Crippen molar-refractivity contribution in [3.05, 3.63) is 72.7 Å². The molecule has 0 atom stereocenters. The number of fused-ring (bicyclic) bond motifs is 1. The molecule has 0 aliphatic heterocycles. The van der Waals surface area contributed by atoms with Gasteiger partial charge in [0, 0.05) is 17.1 Å². The molecule has 4 rings (SSSR count). The monoisotopic (exact) mass is 397 g/mol. The minimum atomic E-state index is -3.32. The van der Waals surface area contributed by atoms with E-state index in [1.165, 1.54) is 12.1 Å². The quantitative estimate of drug-likeness (QED) is 0.547. The van der Waals surface area contributed by atoms with Crippen LogP contribution in [-0.2, 0) is 10.0 Å². The number of benzene rings is 3. The molecule has 0 spiro atoms. The van der Waals surface area contributed by atoms with E-state index < -0.39 is 21.6 Å². The van der Waals surface area contributed by atoms with Gasteiger partial charge in [0.25, 0.3) is 0 Å². The van der Waals surface area contributed by atoms with Crippen molar-refractivity contribution < 1.29 is 17.9 Å². The molecule has 3 aromatic carbocycles. The summed E-state index contributed by atoms with van der Waals surface area (Å²) in [5.74, 6) is -1.11. The highest BCUT2D eigenvalue weighted by atomic mass is 32.2. The maximum atomic E-state index is 13.3. The summed E-state index contributed by atoms with van der Waals surface area (Å²) in [6.07, 6.45) is 2.80. The van der Waals surface area contributed by atoms with Crippen molar-refractivity contribution in [3.8, 4) is 22.6 Å². The van der Waals surface area contributed by atoms with Crippen molar-refractivity contribution in [1.29, 1.82) is 0 Å². The SMILES string of the molecule is CS(=O)(=O)Nc1ccc(-c2ccc3c(cnn3-c3ccc(F)c(O)c3)c2)cc1. The number of rotatable bonds is 4. The Bertz CT molecular complexity index is 1280. The zero-order chi connectivity index (χ0) is 19.9. The van der Waals surface area contributed by atoms with Gasteiger partial charge in [0.05, 0.1) is 23.7 Å². The number of sulfonamides is 1. The number of aromatic hydroxyl groups is 1. The Hall–Kier alpha value is -3.39. The molecule has 0 unspecified atom stereocenters. The molecule has 1 aromatic heterocycles. The van der Waals surface area contributed by atoms with Gasteiger partial charge in [-0.05, 0) is 47.5 Å². The lowest BCUT2D eigenvalue weighted by molar-refractivity contribution is 0.432. The number of hydrogen-bond donors (Lipinski definition) is 2. The van der Waals surface area contributed by atoms with Gasteiger partial charge < -0.3 is 5.11 Å². The second-order valence-electron chi connectivity index (χ2n) is 6.42. The molecule has 0 amide bonds. The van der Waals surface area contributed by atoms with Gasteiger partial charge in [0.1, 0.15) is 0 Å². The number of hydrogen-bond acceptors (Lipinski definition) is 4. The maximum absolute atomic E-state index is 13.3. The van der Waals surface area contributed by atoms with Gasteiger partial charge in [-0.15, -0.1) is 0 Å². The largest absolute Gasteiger partial charge is 0.505 e. The molecule has 0 bridgehead atoms. The average molecular weight is 397 g/mol. The van der Waals surface area contributed by atoms with Gasteiger partial charge in [-0.25, -0.2) is 17.5 Å². The summed E-state index contributed by atoms with van der Waals surface area (Å²) >= 11 is 0. The summed E-state index contributed by atoms with van der Waals surface area (Å²) < 4.78 is 40.0. The normalized spacial score (nSPS) is 11.6. The molecule has 28 heavy (non-hydrogen) atoms. The predicted molar refractivity (Wildman–Crippen MR) is 107 cm³/mol. The maximum Gasteiger partial charge on any atom is 0.229 e. The first-order valence-electron chi connectivity index (χ1n) is 8.35. The standard InChI is InChI=1S/C20H16FN3O3S/c1-28(26,27)23-16-5-2-13(3-6-16)14-4-9-19-15(10-14)12-22-24(19)17-7-8-18(21)20(25)11-17/h2-12,23,25H,1H3. The van der Waals surface area contributed by atoms with E-state index in [9.17, 15) is 17.9 Å². The first kappa shape index (κ1) is 18.0. The van der Waals surface area contributed by atoms with E-state index in [2.05, 4.69) is 9.82 Å². The number of aromatic nitrogens is 2. The molecule has 1 heterocycles. The summed E-state index contributed by atoms with van der Waals surface area (Å²) in [5.41, 5.74) is 3.73. The van der Waals surface area contributed by atoms with Gasteiger partial charge in [0.15, 0.2) is 11.6 Å². The van der Waals surface area contributed by atoms with Crippen LogP contribution in [0.4, 0.5) is 10.1 Å². The second-order valence-corrected chi connectivity index (χ2v) is 8.17. The lowest BCUT2D eigenvalue weighted by Gasteiger charge is -2.07. The number of anilines is 1. The zero-order valence-corrected chi connectivity index (χ0v) is 15.6. The molecule has 0 fully saturated rings. The summed E-state index contributed by atoms with van der Waals surface area (Å²) in [7, 11) is -3.32. The van der Waals surface area contributed by atoms with Crippen LogP contribution in [0, 0.1) is 5.82 Å². The third-order valence-electron chi connectivity index (χ3n) is 4.26. The van der Waals surface area contributed by atoms with Gasteiger partial charge in [-0.2, -0.15) is 5.10 Å². The van der Waals surface area contributed by atoms with Crippen molar-refractivity contribution in [1.82, 2.24) is 9.78 Å². The fourth-order valence-electron chi connectivity index (χ4n) is 3.00. The molecule has 6 nitrogen and oxygen atoms in total. The Morgan fingerprint density at radius 1 is 1.00 bits per heavy atom. The van der Waals surface area contributed by atoms with Crippen molar-refractivity contribution in [2.75, 3.05) is 11.0 Å². The van der Waals surface area contributed by atoms with Crippen LogP contribution in [0.1, 0.15) is 0 Å². The summed E-state index contributed by atoms with van der Waals surface area (Å²) in [5, 5.41) is 14.8. The highest BCUT2D eigenvalue weighted by Gasteiger charge is 2.09. The number of phenols is 1. The van der Waals surface area contributed by atoms with E-state index in [1.807, 2.05) is 30.3 Å². The lowest BCUT2D eigenvalue weighted by atomic mass is 10.0. The van der Waals surface area contributed by atoms with E-state index in [0.717, 1.165) is 28.3 Å². The van der Waals surface area contributed by atoms with Crippen LogP contribution in [0.2, 0.25) is 0 Å². The molecule has 0 aliphatic rings. The molecule has 0 saturated heterocycles. The Kier molecular flexibility index (Phi) is 4.27. The number of nitrogens with zero attached hydrogens (tertiary/aromatic N) is 2. The van der Waals surface area contributed by atoms with Gasteiger partial charge in [-0.3, -0.25) is 4.72 Å². The molecule has 0 aliphatic carbocycles. The van der Waals surface area contributed by atoms with E-state index >= 15 is 0 Å². The first-order valence-corrected chi connectivity index (χ1v) is 10.2. The Balaban J connectivity index is 1.68. The lowest BCUT2D eigenvalue weighted by Crippen LogP contribution is -2.09. The van der Waals surface area contributed by atoms with Gasteiger partial charge in [0.2, 0.25) is 10.0 Å². The molecular weight excluding hydrogens is 381 g/mol. The van der Waals surface area contributed by atoms with Gasteiger partial charge >= 0.3 is 0 Å². The fraction of sp³-hybridized carbons (Fsp3) is 0.0500. The van der Waals surface area contributed by atoms with E-state index in [4.69, 9.17) is 0 Å². The number of nitrogens with one attached hydrogen (secondary N) is 1. The molecule has 4 aromatic rings. The van der Waals surface area contributed by atoms with E-state index in [0.29, 0.717) is 11.4 Å². The van der Waals surface area contributed by atoms with Crippen LogP contribution in [-0.4, -0.2) is 29.6 Å². The number of halogens is 1.